The summed E-state index contributed by atoms with van der Waals surface area (Å²) in [6.45, 7) is 4.77. The lowest BCUT2D eigenvalue weighted by atomic mass is 10.1. The van der Waals surface area contributed by atoms with Crippen LogP contribution in [0.3, 0.4) is 0 Å². The van der Waals surface area contributed by atoms with Crippen LogP contribution >= 0.6 is 0 Å². The normalized spacial score (nSPS) is 23.0. The number of hydrogen-bond donors (Lipinski definition) is 1. The lowest BCUT2D eigenvalue weighted by molar-refractivity contribution is 0.0938. The van der Waals surface area contributed by atoms with Crippen molar-refractivity contribution in [2.75, 3.05) is 26.1 Å². The first-order chi connectivity index (χ1) is 9.94. The lowest BCUT2D eigenvalue weighted by Crippen LogP contribution is -2.39. The highest BCUT2D eigenvalue weighted by molar-refractivity contribution is 7.89. The molecule has 0 radical (unpaired) electrons. The number of nitrogens with one attached hydrogen (secondary N) is 1. The Morgan fingerprint density at radius 3 is 3.00 bits per heavy atom. The van der Waals surface area contributed by atoms with Crippen LogP contribution in [0.5, 0.6) is 0 Å². The van der Waals surface area contributed by atoms with E-state index in [1.807, 2.05) is 24.6 Å². The second-order valence-corrected chi connectivity index (χ2v) is 7.28. The van der Waals surface area contributed by atoms with E-state index in [2.05, 4.69) is 9.82 Å². The molecule has 2 rings (SSSR count). The molecule has 0 aromatic carbocycles. The van der Waals surface area contributed by atoms with E-state index in [9.17, 15) is 8.42 Å². The zero-order valence-corrected chi connectivity index (χ0v) is 13.5. The van der Waals surface area contributed by atoms with Crippen LogP contribution in [0.25, 0.3) is 0 Å². The summed E-state index contributed by atoms with van der Waals surface area (Å²) in [5.74, 6) is -0.0455. The van der Waals surface area contributed by atoms with Crippen molar-refractivity contribution in [3.63, 3.8) is 0 Å². The van der Waals surface area contributed by atoms with Crippen LogP contribution in [0.15, 0.2) is 12.3 Å². The molecule has 1 saturated heterocycles. The molecule has 0 aliphatic carbocycles. The second-order valence-electron chi connectivity index (χ2n) is 5.41. The van der Waals surface area contributed by atoms with Gasteiger partial charge in [0.2, 0.25) is 10.0 Å². The molecule has 0 spiro atoms. The molecule has 1 aliphatic rings. The average molecular weight is 317 g/mol. The van der Waals surface area contributed by atoms with Gasteiger partial charge in [-0.2, -0.15) is 5.10 Å². The first-order valence-corrected chi connectivity index (χ1v) is 8.74. The Balaban J connectivity index is 2.12. The smallest absolute Gasteiger partial charge is 0.214 e. The first kappa shape index (κ1) is 16.4. The van der Waals surface area contributed by atoms with Gasteiger partial charge in [-0.05, 0) is 26.3 Å². The predicted molar refractivity (Wildman–Crippen MR) is 78.5 cm³/mol. The molecule has 0 unspecified atom stereocenters. The molecule has 0 saturated carbocycles. The van der Waals surface area contributed by atoms with Gasteiger partial charge in [0.25, 0.3) is 0 Å². The van der Waals surface area contributed by atoms with E-state index < -0.39 is 10.0 Å². The van der Waals surface area contributed by atoms with Gasteiger partial charge in [-0.25, -0.2) is 13.1 Å². The number of sulfonamides is 1. The molecule has 0 bridgehead atoms. The van der Waals surface area contributed by atoms with E-state index in [1.54, 1.807) is 6.20 Å². The SMILES string of the molecule is COCCS(=O)(=O)N[C@H]1CCO[C@@H]1c1ccnn1C(C)C. The highest BCUT2D eigenvalue weighted by atomic mass is 32.2. The molecule has 120 valence electrons. The fraction of sp³-hybridized carbons (Fsp3) is 0.769. The van der Waals surface area contributed by atoms with Crippen LogP contribution in [0.1, 0.15) is 38.1 Å². The number of nitrogens with zero attached hydrogens (tertiary/aromatic N) is 2. The largest absolute Gasteiger partial charge is 0.384 e. The highest BCUT2D eigenvalue weighted by Crippen LogP contribution is 2.30. The third-order valence-electron chi connectivity index (χ3n) is 3.46. The van der Waals surface area contributed by atoms with Crippen molar-refractivity contribution >= 4 is 10.0 Å². The Morgan fingerprint density at radius 1 is 1.57 bits per heavy atom. The maximum absolute atomic E-state index is 12.0. The van der Waals surface area contributed by atoms with E-state index in [0.29, 0.717) is 13.0 Å². The van der Waals surface area contributed by atoms with Crippen molar-refractivity contribution in [2.45, 2.75) is 38.5 Å². The zero-order chi connectivity index (χ0) is 15.5. The van der Waals surface area contributed by atoms with Crippen molar-refractivity contribution in [3.05, 3.63) is 18.0 Å². The Hall–Kier alpha value is -0.960. The van der Waals surface area contributed by atoms with Gasteiger partial charge in [-0.1, -0.05) is 0 Å². The summed E-state index contributed by atoms with van der Waals surface area (Å²) in [6, 6.07) is 1.82. The maximum Gasteiger partial charge on any atom is 0.214 e. The molecule has 0 amide bonds. The molecular formula is C13H23N3O4S. The van der Waals surface area contributed by atoms with Crippen molar-refractivity contribution in [2.24, 2.45) is 0 Å². The Bertz CT molecular complexity index is 556. The lowest BCUT2D eigenvalue weighted by Gasteiger charge is -2.22. The summed E-state index contributed by atoms with van der Waals surface area (Å²) in [4.78, 5) is 0. The van der Waals surface area contributed by atoms with Crippen molar-refractivity contribution < 1.29 is 17.9 Å². The second kappa shape index (κ2) is 6.87. The van der Waals surface area contributed by atoms with Crippen LogP contribution in [0.4, 0.5) is 0 Å². The van der Waals surface area contributed by atoms with E-state index in [0.717, 1.165) is 5.69 Å². The van der Waals surface area contributed by atoms with Gasteiger partial charge in [-0.3, -0.25) is 4.68 Å². The van der Waals surface area contributed by atoms with Gasteiger partial charge >= 0.3 is 0 Å². The topological polar surface area (TPSA) is 82.5 Å². The molecule has 1 N–H and O–H groups in total. The van der Waals surface area contributed by atoms with Crippen LogP contribution in [0.2, 0.25) is 0 Å². The molecule has 8 heteroatoms. The van der Waals surface area contributed by atoms with Gasteiger partial charge in [0.15, 0.2) is 0 Å². The number of aromatic nitrogens is 2. The van der Waals surface area contributed by atoms with Crippen molar-refractivity contribution in [1.82, 2.24) is 14.5 Å². The molecule has 21 heavy (non-hydrogen) atoms. The zero-order valence-electron chi connectivity index (χ0n) is 12.7. The van der Waals surface area contributed by atoms with Gasteiger partial charge in [0, 0.05) is 26.0 Å². The molecule has 1 fully saturated rings. The number of rotatable bonds is 7. The maximum atomic E-state index is 12.0. The fourth-order valence-corrected chi connectivity index (χ4v) is 3.67. The third-order valence-corrected chi connectivity index (χ3v) is 4.83. The minimum absolute atomic E-state index is 0.0455. The number of hydrogen-bond acceptors (Lipinski definition) is 5. The summed E-state index contributed by atoms with van der Waals surface area (Å²) in [5.41, 5.74) is 0.905. The quantitative estimate of drug-likeness (QED) is 0.806. The molecule has 1 aromatic heterocycles. The van der Waals surface area contributed by atoms with Crippen LogP contribution in [0, 0.1) is 0 Å². The highest BCUT2D eigenvalue weighted by Gasteiger charge is 2.35. The minimum Gasteiger partial charge on any atom is -0.384 e. The Kier molecular flexibility index (Phi) is 5.37. The summed E-state index contributed by atoms with van der Waals surface area (Å²) in [7, 11) is -1.88. The van der Waals surface area contributed by atoms with E-state index in [-0.39, 0.29) is 30.5 Å². The van der Waals surface area contributed by atoms with Crippen molar-refractivity contribution in [1.29, 1.82) is 0 Å². The molecule has 1 aliphatic heterocycles. The molecule has 1 aromatic rings. The summed E-state index contributed by atoms with van der Waals surface area (Å²) < 4.78 is 39.2. The molecular weight excluding hydrogens is 294 g/mol. The Labute approximate surface area is 125 Å². The van der Waals surface area contributed by atoms with Gasteiger partial charge < -0.3 is 9.47 Å². The van der Waals surface area contributed by atoms with Gasteiger partial charge in [-0.15, -0.1) is 0 Å². The Morgan fingerprint density at radius 2 is 2.33 bits per heavy atom. The standard InChI is InChI=1S/C13H23N3O4S/c1-10(2)16-12(4-6-14-16)13-11(5-7-20-13)15-21(17,18)9-8-19-3/h4,6,10-11,13,15H,5,7-9H2,1-3H3/t11-,13-/m0/s1. The van der Waals surface area contributed by atoms with E-state index in [4.69, 9.17) is 9.47 Å². The van der Waals surface area contributed by atoms with Crippen molar-refractivity contribution in [3.8, 4) is 0 Å². The van der Waals surface area contributed by atoms with E-state index in [1.165, 1.54) is 7.11 Å². The van der Waals surface area contributed by atoms with E-state index >= 15 is 0 Å². The molecule has 2 atom stereocenters. The summed E-state index contributed by atoms with van der Waals surface area (Å²) in [6.07, 6.45) is 2.07. The fourth-order valence-electron chi connectivity index (χ4n) is 2.47. The molecule has 7 nitrogen and oxygen atoms in total. The average Bonchev–Trinajstić information content (AvgIpc) is 3.03. The molecule has 2 heterocycles. The van der Waals surface area contributed by atoms with Gasteiger partial charge in [0.05, 0.1) is 24.1 Å². The van der Waals surface area contributed by atoms with Crippen LogP contribution < -0.4 is 4.72 Å². The first-order valence-electron chi connectivity index (χ1n) is 7.08. The monoisotopic (exact) mass is 317 g/mol. The summed E-state index contributed by atoms with van der Waals surface area (Å²) in [5, 5.41) is 4.28. The van der Waals surface area contributed by atoms with Crippen LogP contribution in [-0.4, -0.2) is 50.3 Å². The van der Waals surface area contributed by atoms with Crippen LogP contribution in [-0.2, 0) is 19.5 Å². The van der Waals surface area contributed by atoms with Gasteiger partial charge in [0.1, 0.15) is 6.10 Å². The number of methoxy groups -OCH3 is 1. The third kappa shape index (κ3) is 4.03. The number of ether oxygens (including phenoxy) is 2. The predicted octanol–water partition coefficient (Wildman–Crippen LogP) is 0.860. The minimum atomic E-state index is -3.37. The summed E-state index contributed by atoms with van der Waals surface area (Å²) >= 11 is 0.